The monoisotopic (exact) mass is 680 g/mol. The highest BCUT2D eigenvalue weighted by molar-refractivity contribution is 7.21. The number of ether oxygens (including phenoxy) is 1. The van der Waals surface area contributed by atoms with Gasteiger partial charge in [-0.25, -0.2) is 8.78 Å². The summed E-state index contributed by atoms with van der Waals surface area (Å²) in [5.74, 6) is -3.17. The van der Waals surface area contributed by atoms with Crippen LogP contribution in [0.3, 0.4) is 0 Å². The number of thiophene rings is 1. The van der Waals surface area contributed by atoms with E-state index in [1.165, 1.54) is 24.3 Å². The number of benzene rings is 2. The molecule has 1 unspecified atom stereocenters. The Morgan fingerprint density at radius 3 is 2.30 bits per heavy atom. The Bertz CT molecular complexity index is 1690. The van der Waals surface area contributed by atoms with E-state index in [1.54, 1.807) is 4.90 Å². The zero-order valence-electron chi connectivity index (χ0n) is 25.6. The van der Waals surface area contributed by atoms with E-state index in [-0.39, 0.29) is 32.6 Å². The van der Waals surface area contributed by atoms with Gasteiger partial charge in [-0.05, 0) is 69.8 Å². The number of rotatable bonds is 9. The third-order valence-electron chi connectivity index (χ3n) is 8.91. The number of hydrogen-bond donors (Lipinski definition) is 1. The maximum absolute atomic E-state index is 14.7. The molecule has 1 fully saturated rings. The van der Waals surface area contributed by atoms with Gasteiger partial charge in [-0.15, -0.1) is 11.3 Å². The molecule has 1 atom stereocenters. The highest BCUT2D eigenvalue weighted by atomic mass is 35.5. The molecule has 5 nitrogen and oxygen atoms in total. The van der Waals surface area contributed by atoms with Crippen LogP contribution < -0.4 is 5.32 Å². The Morgan fingerprint density at radius 2 is 1.72 bits per heavy atom. The van der Waals surface area contributed by atoms with Crippen molar-refractivity contribution in [3.05, 3.63) is 92.5 Å². The Hall–Kier alpha value is -3.28. The SMILES string of the molecule is CCOC1=CCC(C)(c2ccc(C(=O)C(F)(F)F)cc2)C=C1CN(C(=O)c1sc2c(F)ccc(F)c2c1Cl)C1CCC(NC)CC1. The fourth-order valence-electron chi connectivity index (χ4n) is 6.34. The summed E-state index contributed by atoms with van der Waals surface area (Å²) in [6.07, 6.45) is 2.35. The lowest BCUT2D eigenvalue weighted by Gasteiger charge is -2.39. The van der Waals surface area contributed by atoms with Gasteiger partial charge in [0, 0.05) is 35.2 Å². The molecule has 1 saturated carbocycles. The normalized spacial score (nSPS) is 21.9. The van der Waals surface area contributed by atoms with Crippen molar-refractivity contribution in [3.63, 3.8) is 0 Å². The van der Waals surface area contributed by atoms with E-state index < -0.39 is 40.5 Å². The van der Waals surface area contributed by atoms with Crippen LogP contribution in [0.15, 0.2) is 59.9 Å². The molecule has 1 heterocycles. The van der Waals surface area contributed by atoms with Gasteiger partial charge in [0.1, 0.15) is 22.3 Å². The van der Waals surface area contributed by atoms with Crippen molar-refractivity contribution in [2.45, 2.75) is 69.6 Å². The first-order valence-electron chi connectivity index (χ1n) is 15.1. The van der Waals surface area contributed by atoms with E-state index in [4.69, 9.17) is 16.3 Å². The van der Waals surface area contributed by atoms with E-state index >= 15 is 0 Å². The molecule has 46 heavy (non-hydrogen) atoms. The summed E-state index contributed by atoms with van der Waals surface area (Å²) in [6, 6.07) is 7.45. The Kier molecular flexibility index (Phi) is 9.96. The summed E-state index contributed by atoms with van der Waals surface area (Å²) in [5.41, 5.74) is 0.217. The highest BCUT2D eigenvalue weighted by Gasteiger charge is 2.40. The van der Waals surface area contributed by atoms with Crippen LogP contribution in [-0.4, -0.2) is 55.0 Å². The van der Waals surface area contributed by atoms with Crippen molar-refractivity contribution in [2.75, 3.05) is 20.2 Å². The van der Waals surface area contributed by atoms with Crippen LogP contribution in [0.5, 0.6) is 0 Å². The van der Waals surface area contributed by atoms with Gasteiger partial charge in [-0.1, -0.05) is 48.9 Å². The summed E-state index contributed by atoms with van der Waals surface area (Å²) >= 11 is 7.39. The van der Waals surface area contributed by atoms with Gasteiger partial charge in [0.2, 0.25) is 0 Å². The van der Waals surface area contributed by atoms with Gasteiger partial charge in [-0.3, -0.25) is 9.59 Å². The molecule has 12 heteroatoms. The number of carbonyl (C=O) groups is 2. The van der Waals surface area contributed by atoms with Crippen LogP contribution in [0.1, 0.15) is 71.5 Å². The predicted molar refractivity (Wildman–Crippen MR) is 169 cm³/mol. The first-order chi connectivity index (χ1) is 21.8. The molecule has 0 radical (unpaired) electrons. The quantitative estimate of drug-likeness (QED) is 0.181. The summed E-state index contributed by atoms with van der Waals surface area (Å²) in [6.45, 7) is 4.22. The van der Waals surface area contributed by atoms with E-state index in [0.717, 1.165) is 36.3 Å². The van der Waals surface area contributed by atoms with Gasteiger partial charge in [-0.2, -0.15) is 13.2 Å². The first-order valence-corrected chi connectivity index (χ1v) is 16.3. The van der Waals surface area contributed by atoms with Gasteiger partial charge in [0.15, 0.2) is 0 Å². The smallest absolute Gasteiger partial charge is 0.454 e. The zero-order chi connectivity index (χ0) is 33.4. The number of nitrogens with zero attached hydrogens (tertiary/aromatic N) is 1. The van der Waals surface area contributed by atoms with Gasteiger partial charge >= 0.3 is 6.18 Å². The molecule has 1 amide bonds. The summed E-state index contributed by atoms with van der Waals surface area (Å²) in [4.78, 5) is 27.8. The lowest BCUT2D eigenvalue weighted by Crippen LogP contribution is -2.46. The number of hydrogen-bond acceptors (Lipinski definition) is 5. The summed E-state index contributed by atoms with van der Waals surface area (Å²) in [7, 11) is 1.90. The van der Waals surface area contributed by atoms with Crippen molar-refractivity contribution in [2.24, 2.45) is 0 Å². The molecular weight excluding hydrogens is 647 g/mol. The molecule has 0 bridgehead atoms. The standard InChI is InChI=1S/C34H34ClF5N2O3S/c1-4-45-26-15-16-33(2,21-7-5-19(6-8-21)31(43)34(38,39)40)17-20(26)18-42(23-11-9-22(41-3)10-12-23)32(44)30-28(35)27-24(36)13-14-25(37)29(27)46-30/h5-8,13-15,17,22-23,41H,4,9-12,16,18H2,1-3H3. The molecular formula is C34H34ClF5N2O3S. The third-order valence-corrected chi connectivity index (χ3v) is 10.6. The molecule has 0 spiro atoms. The Balaban J connectivity index is 1.53. The molecule has 0 saturated heterocycles. The second-order valence-electron chi connectivity index (χ2n) is 11.9. The summed E-state index contributed by atoms with van der Waals surface area (Å²) in [5, 5.41) is 3.03. The third kappa shape index (κ3) is 6.73. The number of alkyl halides is 3. The van der Waals surface area contributed by atoms with E-state index in [2.05, 4.69) is 5.32 Å². The zero-order valence-corrected chi connectivity index (χ0v) is 27.1. The van der Waals surface area contributed by atoms with E-state index in [9.17, 15) is 31.5 Å². The number of nitrogens with one attached hydrogen (secondary N) is 1. The molecule has 5 rings (SSSR count). The molecule has 0 aliphatic heterocycles. The predicted octanol–water partition coefficient (Wildman–Crippen LogP) is 8.76. The first kappa shape index (κ1) is 34.1. The molecule has 1 aromatic heterocycles. The fourth-order valence-corrected chi connectivity index (χ4v) is 7.85. The van der Waals surface area contributed by atoms with Gasteiger partial charge in [0.25, 0.3) is 11.7 Å². The number of fused-ring (bicyclic) bond motifs is 1. The van der Waals surface area contributed by atoms with Gasteiger partial charge < -0.3 is 15.0 Å². The lowest BCUT2D eigenvalue weighted by molar-refractivity contribution is -0.0885. The number of halogens is 6. The highest BCUT2D eigenvalue weighted by Crippen LogP contribution is 2.42. The molecule has 3 aromatic rings. The molecule has 2 aliphatic rings. The van der Waals surface area contributed by atoms with Crippen LogP contribution in [-0.2, 0) is 10.2 Å². The molecule has 2 aliphatic carbocycles. The maximum atomic E-state index is 14.7. The van der Waals surface area contributed by atoms with E-state index in [1.807, 2.05) is 33.0 Å². The molecule has 1 N–H and O–H groups in total. The number of amides is 1. The van der Waals surface area contributed by atoms with Crippen LogP contribution in [0.25, 0.3) is 10.1 Å². The van der Waals surface area contributed by atoms with Crippen molar-refractivity contribution < 1.29 is 36.3 Å². The Morgan fingerprint density at radius 1 is 1.07 bits per heavy atom. The number of allylic oxidation sites excluding steroid dienone is 2. The topological polar surface area (TPSA) is 58.6 Å². The number of ketones is 1. The average Bonchev–Trinajstić information content (AvgIpc) is 3.40. The van der Waals surface area contributed by atoms with Crippen molar-refractivity contribution in [1.29, 1.82) is 0 Å². The van der Waals surface area contributed by atoms with Crippen LogP contribution in [0.4, 0.5) is 22.0 Å². The average molecular weight is 681 g/mol. The van der Waals surface area contributed by atoms with E-state index in [0.29, 0.717) is 48.8 Å². The minimum atomic E-state index is -4.98. The minimum Gasteiger partial charge on any atom is -0.494 e. The van der Waals surface area contributed by atoms with Gasteiger partial charge in [0.05, 0.1) is 21.7 Å². The second-order valence-corrected chi connectivity index (χ2v) is 13.3. The van der Waals surface area contributed by atoms with Crippen molar-refractivity contribution in [1.82, 2.24) is 10.2 Å². The number of carbonyl (C=O) groups excluding carboxylic acids is 2. The van der Waals surface area contributed by atoms with Crippen LogP contribution in [0.2, 0.25) is 5.02 Å². The lowest BCUT2D eigenvalue weighted by atomic mass is 9.74. The minimum absolute atomic E-state index is 0.0287. The fraction of sp³-hybridized carbons (Fsp3) is 0.412. The maximum Gasteiger partial charge on any atom is 0.454 e. The number of Topliss-reactive ketones (excluding diaryl/α,β-unsaturated/α-hetero) is 1. The summed E-state index contributed by atoms with van der Waals surface area (Å²) < 4.78 is 74.4. The Labute approximate surface area is 273 Å². The second kappa shape index (κ2) is 13.4. The van der Waals surface area contributed by atoms with Crippen molar-refractivity contribution in [3.8, 4) is 0 Å². The largest absolute Gasteiger partial charge is 0.494 e. The molecule has 2 aromatic carbocycles. The van der Waals surface area contributed by atoms with Crippen molar-refractivity contribution >= 4 is 44.7 Å². The molecule has 246 valence electrons. The van der Waals surface area contributed by atoms with Crippen LogP contribution >= 0.6 is 22.9 Å². The van der Waals surface area contributed by atoms with Crippen LogP contribution in [0, 0.1) is 11.6 Å².